The van der Waals surface area contributed by atoms with Crippen molar-refractivity contribution in [1.82, 2.24) is 4.90 Å². The van der Waals surface area contributed by atoms with Gasteiger partial charge in [-0.3, -0.25) is 0 Å². The second kappa shape index (κ2) is 5.27. The van der Waals surface area contributed by atoms with Gasteiger partial charge in [0.1, 0.15) is 0 Å². The number of hydrogen-bond donors (Lipinski definition) is 1. The average Bonchev–Trinajstić information content (AvgIpc) is 2.35. The number of piperidine rings is 1. The molecule has 2 aliphatic rings. The molecule has 17 heavy (non-hydrogen) atoms. The van der Waals surface area contributed by atoms with Gasteiger partial charge in [0, 0.05) is 5.54 Å². The zero-order valence-electron chi connectivity index (χ0n) is 11.8. The van der Waals surface area contributed by atoms with Crippen molar-refractivity contribution in [3.63, 3.8) is 0 Å². The van der Waals surface area contributed by atoms with E-state index in [2.05, 4.69) is 18.7 Å². The molecule has 0 amide bonds. The van der Waals surface area contributed by atoms with Gasteiger partial charge in [0.2, 0.25) is 0 Å². The number of likely N-dealkylation sites (tertiary alicyclic amines) is 1. The quantitative estimate of drug-likeness (QED) is 0.797. The molecule has 0 radical (unpaired) electrons. The standard InChI is InChI=1S/C15H30N2/c1-3-14(4-2)8-11-17(12-9-14)13-10-15(16)6-5-7-15/h3-13,16H2,1-2H3. The minimum Gasteiger partial charge on any atom is -0.325 e. The Labute approximate surface area is 107 Å². The van der Waals surface area contributed by atoms with E-state index in [1.54, 1.807) is 0 Å². The van der Waals surface area contributed by atoms with Crippen molar-refractivity contribution in [2.45, 2.75) is 70.8 Å². The van der Waals surface area contributed by atoms with Gasteiger partial charge in [-0.15, -0.1) is 0 Å². The van der Waals surface area contributed by atoms with Crippen LogP contribution in [0.25, 0.3) is 0 Å². The number of hydrogen-bond acceptors (Lipinski definition) is 2. The molecule has 0 aromatic heterocycles. The fourth-order valence-corrected chi connectivity index (χ4v) is 3.47. The summed E-state index contributed by atoms with van der Waals surface area (Å²) in [7, 11) is 0. The van der Waals surface area contributed by atoms with Gasteiger partial charge in [0.25, 0.3) is 0 Å². The molecule has 2 nitrogen and oxygen atoms in total. The van der Waals surface area contributed by atoms with Crippen molar-refractivity contribution >= 4 is 0 Å². The summed E-state index contributed by atoms with van der Waals surface area (Å²) in [6, 6.07) is 0. The molecule has 1 saturated carbocycles. The molecular formula is C15H30N2. The normalized spacial score (nSPS) is 27.7. The lowest BCUT2D eigenvalue weighted by Gasteiger charge is -2.44. The Morgan fingerprint density at radius 3 is 2.00 bits per heavy atom. The first-order valence-electron chi connectivity index (χ1n) is 7.63. The molecule has 2 N–H and O–H groups in total. The zero-order chi connectivity index (χ0) is 12.4. The second-order valence-corrected chi connectivity index (χ2v) is 6.51. The largest absolute Gasteiger partial charge is 0.325 e. The maximum absolute atomic E-state index is 6.30. The van der Waals surface area contributed by atoms with E-state index in [1.807, 2.05) is 0 Å². The van der Waals surface area contributed by atoms with Crippen LogP contribution in [0.2, 0.25) is 0 Å². The molecule has 0 atom stereocenters. The maximum Gasteiger partial charge on any atom is 0.0166 e. The Hall–Kier alpha value is -0.0800. The van der Waals surface area contributed by atoms with Crippen molar-refractivity contribution in [2.75, 3.05) is 19.6 Å². The Morgan fingerprint density at radius 2 is 1.59 bits per heavy atom. The van der Waals surface area contributed by atoms with Crippen LogP contribution in [0.5, 0.6) is 0 Å². The minimum absolute atomic E-state index is 0.212. The molecule has 2 heteroatoms. The van der Waals surface area contributed by atoms with Crippen molar-refractivity contribution in [1.29, 1.82) is 0 Å². The molecule has 100 valence electrons. The fourth-order valence-electron chi connectivity index (χ4n) is 3.47. The molecule has 2 rings (SSSR count). The zero-order valence-corrected chi connectivity index (χ0v) is 11.8. The highest BCUT2D eigenvalue weighted by atomic mass is 15.1. The summed E-state index contributed by atoms with van der Waals surface area (Å²) in [5.74, 6) is 0. The highest BCUT2D eigenvalue weighted by molar-refractivity contribution is 4.93. The van der Waals surface area contributed by atoms with E-state index in [0.717, 1.165) is 0 Å². The topological polar surface area (TPSA) is 29.3 Å². The van der Waals surface area contributed by atoms with Crippen LogP contribution in [0.1, 0.15) is 65.2 Å². The highest BCUT2D eigenvalue weighted by Crippen LogP contribution is 2.38. The monoisotopic (exact) mass is 238 g/mol. The maximum atomic E-state index is 6.30. The molecule has 0 aromatic carbocycles. The van der Waals surface area contributed by atoms with Crippen molar-refractivity contribution in [2.24, 2.45) is 11.1 Å². The van der Waals surface area contributed by atoms with Crippen LogP contribution in [0.15, 0.2) is 0 Å². The minimum atomic E-state index is 0.212. The lowest BCUT2D eigenvalue weighted by Crippen LogP contribution is -2.50. The number of nitrogens with two attached hydrogens (primary N) is 1. The summed E-state index contributed by atoms with van der Waals surface area (Å²) in [5, 5.41) is 0. The summed E-state index contributed by atoms with van der Waals surface area (Å²) in [6.45, 7) is 8.57. The van der Waals surface area contributed by atoms with E-state index in [1.165, 1.54) is 71.0 Å². The Balaban J connectivity index is 1.71. The third-order valence-electron chi connectivity index (χ3n) is 5.69. The van der Waals surface area contributed by atoms with Gasteiger partial charge >= 0.3 is 0 Å². The Morgan fingerprint density at radius 1 is 1.00 bits per heavy atom. The van der Waals surface area contributed by atoms with E-state index < -0.39 is 0 Å². The van der Waals surface area contributed by atoms with Crippen LogP contribution in [0.3, 0.4) is 0 Å². The molecule has 0 aromatic rings. The number of nitrogens with zero attached hydrogens (tertiary/aromatic N) is 1. The molecule has 1 heterocycles. The van der Waals surface area contributed by atoms with E-state index in [0.29, 0.717) is 5.41 Å². The molecular weight excluding hydrogens is 208 g/mol. The van der Waals surface area contributed by atoms with Gasteiger partial charge in [-0.2, -0.15) is 0 Å². The molecule has 1 aliphatic carbocycles. The average molecular weight is 238 g/mol. The van der Waals surface area contributed by atoms with E-state index >= 15 is 0 Å². The molecule has 0 unspecified atom stereocenters. The number of rotatable bonds is 5. The predicted molar refractivity (Wildman–Crippen MR) is 74.1 cm³/mol. The predicted octanol–water partition coefficient (Wildman–Crippen LogP) is 3.16. The Kier molecular flexibility index (Phi) is 4.14. The molecule has 1 saturated heterocycles. The lowest BCUT2D eigenvalue weighted by atomic mass is 9.73. The van der Waals surface area contributed by atoms with Crippen molar-refractivity contribution < 1.29 is 0 Å². The van der Waals surface area contributed by atoms with Crippen LogP contribution in [-0.2, 0) is 0 Å². The summed E-state index contributed by atoms with van der Waals surface area (Å²) >= 11 is 0. The van der Waals surface area contributed by atoms with Gasteiger partial charge in [-0.25, -0.2) is 0 Å². The van der Waals surface area contributed by atoms with E-state index in [-0.39, 0.29) is 5.54 Å². The second-order valence-electron chi connectivity index (χ2n) is 6.51. The third kappa shape index (κ3) is 3.03. The van der Waals surface area contributed by atoms with Crippen LogP contribution >= 0.6 is 0 Å². The van der Waals surface area contributed by atoms with Crippen LogP contribution in [-0.4, -0.2) is 30.1 Å². The fraction of sp³-hybridized carbons (Fsp3) is 1.00. The first-order valence-corrected chi connectivity index (χ1v) is 7.63. The third-order valence-corrected chi connectivity index (χ3v) is 5.69. The summed E-state index contributed by atoms with van der Waals surface area (Å²) in [4.78, 5) is 2.65. The smallest absolute Gasteiger partial charge is 0.0166 e. The van der Waals surface area contributed by atoms with Gasteiger partial charge in [0.15, 0.2) is 0 Å². The first-order chi connectivity index (χ1) is 8.11. The molecule has 1 aliphatic heterocycles. The summed E-state index contributed by atoms with van der Waals surface area (Å²) < 4.78 is 0. The van der Waals surface area contributed by atoms with Crippen molar-refractivity contribution in [3.8, 4) is 0 Å². The van der Waals surface area contributed by atoms with E-state index in [9.17, 15) is 0 Å². The van der Waals surface area contributed by atoms with Gasteiger partial charge < -0.3 is 10.6 Å². The van der Waals surface area contributed by atoms with Crippen molar-refractivity contribution in [3.05, 3.63) is 0 Å². The van der Waals surface area contributed by atoms with Gasteiger partial charge in [0.05, 0.1) is 0 Å². The SMILES string of the molecule is CCC1(CC)CCN(CCC2(N)CCC2)CC1. The van der Waals surface area contributed by atoms with Crippen LogP contribution in [0, 0.1) is 5.41 Å². The Bertz CT molecular complexity index is 231. The van der Waals surface area contributed by atoms with Gasteiger partial charge in [-0.1, -0.05) is 26.7 Å². The van der Waals surface area contributed by atoms with Gasteiger partial charge in [-0.05, 0) is 63.6 Å². The molecule has 0 bridgehead atoms. The summed E-state index contributed by atoms with van der Waals surface area (Å²) in [6.07, 6.45) is 10.6. The van der Waals surface area contributed by atoms with Crippen LogP contribution in [0.4, 0.5) is 0 Å². The molecule has 0 spiro atoms. The summed E-state index contributed by atoms with van der Waals surface area (Å²) in [5.41, 5.74) is 7.17. The highest BCUT2D eigenvalue weighted by Gasteiger charge is 2.34. The lowest BCUT2D eigenvalue weighted by molar-refractivity contribution is 0.0833. The van der Waals surface area contributed by atoms with E-state index in [4.69, 9.17) is 5.73 Å². The molecule has 2 fully saturated rings. The van der Waals surface area contributed by atoms with Crippen LogP contribution < -0.4 is 5.73 Å². The first kappa shape index (κ1) is 13.4.